The van der Waals surface area contributed by atoms with Gasteiger partial charge in [-0.05, 0) is 43.2 Å². The first kappa shape index (κ1) is 19.9. The number of anilines is 2. The summed E-state index contributed by atoms with van der Waals surface area (Å²) in [5.41, 5.74) is 8.36. The fraction of sp³-hybridized carbons (Fsp3) is 0.364. The third kappa shape index (κ3) is 4.12. The van der Waals surface area contributed by atoms with Gasteiger partial charge in [-0.25, -0.2) is 4.98 Å². The molecule has 0 bridgehead atoms. The smallest absolute Gasteiger partial charge is 0.129 e. The summed E-state index contributed by atoms with van der Waals surface area (Å²) in [7, 11) is 0. The molecule has 1 aromatic heterocycles. The molecule has 0 radical (unpaired) electrons. The third-order valence-electron chi connectivity index (χ3n) is 5.40. The zero-order valence-corrected chi connectivity index (χ0v) is 17.1. The summed E-state index contributed by atoms with van der Waals surface area (Å²) in [5.74, 6) is 2.31. The highest BCUT2D eigenvalue weighted by Gasteiger charge is 2.25. The molecule has 156 valence electrons. The Morgan fingerprint density at radius 3 is 2.70 bits per heavy atom. The van der Waals surface area contributed by atoms with Crippen LogP contribution in [0.15, 0.2) is 36.5 Å². The quantitative estimate of drug-likeness (QED) is 0.334. The van der Waals surface area contributed by atoms with Crippen molar-refractivity contribution in [3.05, 3.63) is 47.7 Å². The zero-order valence-electron chi connectivity index (χ0n) is 17.1. The van der Waals surface area contributed by atoms with E-state index in [1.807, 2.05) is 30.0 Å². The molecule has 30 heavy (non-hydrogen) atoms. The van der Waals surface area contributed by atoms with Crippen LogP contribution in [0, 0.1) is 16.2 Å². The fourth-order valence-electron chi connectivity index (χ4n) is 3.49. The van der Waals surface area contributed by atoms with Crippen molar-refractivity contribution in [3.8, 4) is 5.75 Å². The maximum atomic E-state index is 8.71. The van der Waals surface area contributed by atoms with Gasteiger partial charge in [0.15, 0.2) is 0 Å². The molecular weight excluding hydrogens is 378 g/mol. The minimum Gasteiger partial charge on any atom is -0.490 e. The zero-order chi connectivity index (χ0) is 21.3. The second-order valence-electron chi connectivity index (χ2n) is 7.66. The van der Waals surface area contributed by atoms with E-state index in [4.69, 9.17) is 26.7 Å². The fourth-order valence-corrected chi connectivity index (χ4v) is 3.49. The van der Waals surface area contributed by atoms with Crippen molar-refractivity contribution in [1.82, 2.24) is 9.88 Å². The van der Waals surface area contributed by atoms with Crippen LogP contribution in [0.4, 0.5) is 11.5 Å². The number of hydrogen-bond acceptors (Lipinski definition) is 7. The largest absolute Gasteiger partial charge is 0.490 e. The van der Waals surface area contributed by atoms with E-state index in [2.05, 4.69) is 4.98 Å². The Hall–Kier alpha value is -3.42. The first-order chi connectivity index (χ1) is 14.5. The SMILES string of the molecule is CCC(=N)N1CCN(c2cc(C(=N)c3cc(OC4CC4)ccc3N)ccn2)CC1=N. The molecule has 1 aliphatic carbocycles. The number of nitrogens with one attached hydrogen (secondary N) is 3. The molecule has 2 aromatic rings. The highest BCUT2D eigenvalue weighted by atomic mass is 16.5. The van der Waals surface area contributed by atoms with Crippen LogP contribution in [0.25, 0.3) is 0 Å². The number of rotatable bonds is 6. The lowest BCUT2D eigenvalue weighted by atomic mass is 10.0. The van der Waals surface area contributed by atoms with Gasteiger partial charge in [-0.15, -0.1) is 0 Å². The Kier molecular flexibility index (Phi) is 5.39. The molecule has 5 N–H and O–H groups in total. The monoisotopic (exact) mass is 405 g/mol. The number of nitrogens with zero attached hydrogens (tertiary/aromatic N) is 3. The van der Waals surface area contributed by atoms with Gasteiger partial charge in [0.25, 0.3) is 0 Å². The van der Waals surface area contributed by atoms with Crippen molar-refractivity contribution in [3.63, 3.8) is 0 Å². The van der Waals surface area contributed by atoms with Crippen molar-refractivity contribution in [2.24, 2.45) is 0 Å². The Labute approximate surface area is 176 Å². The normalized spacial score (nSPS) is 16.5. The number of ether oxygens (including phenoxy) is 1. The summed E-state index contributed by atoms with van der Waals surface area (Å²) in [4.78, 5) is 8.21. The van der Waals surface area contributed by atoms with Gasteiger partial charge in [-0.3, -0.25) is 16.2 Å². The van der Waals surface area contributed by atoms with Crippen LogP contribution in [0.2, 0.25) is 0 Å². The molecule has 8 heteroatoms. The molecule has 2 heterocycles. The predicted molar refractivity (Wildman–Crippen MR) is 119 cm³/mol. The molecule has 0 amide bonds. The van der Waals surface area contributed by atoms with Gasteiger partial charge in [0.05, 0.1) is 18.4 Å². The lowest BCUT2D eigenvalue weighted by molar-refractivity contribution is 0.303. The van der Waals surface area contributed by atoms with E-state index in [0.29, 0.717) is 66.1 Å². The van der Waals surface area contributed by atoms with Gasteiger partial charge in [0.2, 0.25) is 0 Å². The molecule has 2 aliphatic rings. The maximum absolute atomic E-state index is 8.71. The number of hydrogen-bond donors (Lipinski definition) is 4. The van der Waals surface area contributed by atoms with Crippen molar-refractivity contribution in [2.75, 3.05) is 30.3 Å². The van der Waals surface area contributed by atoms with Crippen LogP contribution in [0.5, 0.6) is 5.75 Å². The predicted octanol–water partition coefficient (Wildman–Crippen LogP) is 3.11. The van der Waals surface area contributed by atoms with E-state index in [9.17, 15) is 0 Å². The van der Waals surface area contributed by atoms with Crippen LogP contribution in [0.1, 0.15) is 37.3 Å². The minimum absolute atomic E-state index is 0.284. The highest BCUT2D eigenvalue weighted by Crippen LogP contribution is 2.30. The summed E-state index contributed by atoms with van der Waals surface area (Å²) in [6.45, 7) is 3.57. The van der Waals surface area contributed by atoms with E-state index in [0.717, 1.165) is 18.6 Å². The maximum Gasteiger partial charge on any atom is 0.129 e. The van der Waals surface area contributed by atoms with Gasteiger partial charge < -0.3 is 20.3 Å². The summed E-state index contributed by atoms with van der Waals surface area (Å²) in [5, 5.41) is 25.0. The Morgan fingerprint density at radius 1 is 1.20 bits per heavy atom. The Morgan fingerprint density at radius 2 is 2.00 bits per heavy atom. The van der Waals surface area contributed by atoms with Crippen molar-refractivity contribution in [2.45, 2.75) is 32.3 Å². The van der Waals surface area contributed by atoms with Gasteiger partial charge in [-0.2, -0.15) is 0 Å². The second kappa shape index (κ2) is 8.14. The van der Waals surface area contributed by atoms with E-state index in [1.165, 1.54) is 0 Å². The van der Waals surface area contributed by atoms with Gasteiger partial charge in [0.1, 0.15) is 23.2 Å². The van der Waals surface area contributed by atoms with Crippen LogP contribution in [-0.4, -0.2) is 53.0 Å². The lowest BCUT2D eigenvalue weighted by Crippen LogP contribution is -2.52. The standard InChI is InChI=1S/C22H27N7O/c1-2-19(24)29-10-9-28(13-20(29)25)21-11-14(7-8-27-21)22(26)17-12-16(5-6-18(17)23)30-15-3-4-15/h5-8,11-12,15,24-26H,2-4,9-10,13,23H2,1H3. The molecule has 0 spiro atoms. The molecular formula is C22H27N7O. The molecule has 2 fully saturated rings. The molecule has 1 aromatic carbocycles. The topological polar surface area (TPSA) is 126 Å². The van der Waals surface area contributed by atoms with Crippen LogP contribution in [-0.2, 0) is 0 Å². The molecule has 1 aliphatic heterocycles. The van der Waals surface area contributed by atoms with E-state index < -0.39 is 0 Å². The molecule has 0 atom stereocenters. The summed E-state index contributed by atoms with van der Waals surface area (Å²) in [6.07, 6.45) is 4.73. The first-order valence-electron chi connectivity index (χ1n) is 10.2. The third-order valence-corrected chi connectivity index (χ3v) is 5.40. The Bertz CT molecular complexity index is 999. The van der Waals surface area contributed by atoms with Crippen molar-refractivity contribution < 1.29 is 4.74 Å². The number of amidine groups is 2. The van der Waals surface area contributed by atoms with Gasteiger partial charge in [-0.1, -0.05) is 6.92 Å². The highest BCUT2D eigenvalue weighted by molar-refractivity contribution is 6.14. The van der Waals surface area contributed by atoms with Crippen molar-refractivity contribution >= 4 is 28.9 Å². The summed E-state index contributed by atoms with van der Waals surface area (Å²) < 4.78 is 5.86. The van der Waals surface area contributed by atoms with E-state index >= 15 is 0 Å². The minimum atomic E-state index is 0.284. The summed E-state index contributed by atoms with van der Waals surface area (Å²) >= 11 is 0. The number of pyridine rings is 1. The first-order valence-corrected chi connectivity index (χ1v) is 10.2. The van der Waals surface area contributed by atoms with Crippen molar-refractivity contribution in [1.29, 1.82) is 16.2 Å². The average molecular weight is 406 g/mol. The van der Waals surface area contributed by atoms with Crippen LogP contribution < -0.4 is 15.4 Å². The molecule has 0 unspecified atom stereocenters. The van der Waals surface area contributed by atoms with Crippen LogP contribution >= 0.6 is 0 Å². The van der Waals surface area contributed by atoms with E-state index in [1.54, 1.807) is 23.2 Å². The summed E-state index contributed by atoms with van der Waals surface area (Å²) in [6, 6.07) is 9.13. The van der Waals surface area contributed by atoms with Gasteiger partial charge in [0, 0.05) is 42.5 Å². The number of aromatic nitrogens is 1. The molecule has 8 nitrogen and oxygen atoms in total. The van der Waals surface area contributed by atoms with Gasteiger partial charge >= 0.3 is 0 Å². The van der Waals surface area contributed by atoms with Crippen LogP contribution in [0.3, 0.4) is 0 Å². The second-order valence-corrected chi connectivity index (χ2v) is 7.66. The number of benzene rings is 1. The number of nitrogens with two attached hydrogens (primary N) is 1. The van der Waals surface area contributed by atoms with E-state index in [-0.39, 0.29) is 6.10 Å². The molecule has 4 rings (SSSR count). The Balaban J connectivity index is 1.53. The number of nitrogen functional groups attached to an aromatic ring is 1. The molecule has 1 saturated heterocycles. The number of piperazine rings is 1. The molecule has 1 saturated carbocycles. The lowest BCUT2D eigenvalue weighted by Gasteiger charge is -2.36. The average Bonchev–Trinajstić information content (AvgIpc) is 3.58.